The van der Waals surface area contributed by atoms with Crippen molar-refractivity contribution in [3.05, 3.63) is 119 Å². The van der Waals surface area contributed by atoms with E-state index in [4.69, 9.17) is 14.2 Å². The summed E-state index contributed by atoms with van der Waals surface area (Å²) in [7, 11) is 0. The molecule has 6 rings (SSSR count). The van der Waals surface area contributed by atoms with Gasteiger partial charge in [-0.15, -0.1) is 0 Å². The first-order chi connectivity index (χ1) is 19.2. The van der Waals surface area contributed by atoms with Crippen molar-refractivity contribution in [2.24, 2.45) is 0 Å². The number of amides is 2. The van der Waals surface area contributed by atoms with Crippen LogP contribution in [0.25, 0.3) is 11.1 Å². The normalized spacial score (nSPS) is 13.7. The molecule has 1 heterocycles. The molecule has 39 heavy (non-hydrogen) atoms. The Balaban J connectivity index is 1.12. The van der Waals surface area contributed by atoms with Crippen molar-refractivity contribution in [2.45, 2.75) is 24.9 Å². The van der Waals surface area contributed by atoms with Gasteiger partial charge in [-0.1, -0.05) is 84.9 Å². The molecule has 0 saturated heterocycles. The lowest BCUT2D eigenvalue weighted by atomic mass is 9.98. The van der Waals surface area contributed by atoms with E-state index >= 15 is 0 Å². The molecule has 0 fully saturated rings. The van der Waals surface area contributed by atoms with E-state index < -0.39 is 12.1 Å². The summed E-state index contributed by atoms with van der Waals surface area (Å²) >= 11 is 0. The third-order valence-electron chi connectivity index (χ3n) is 7.14. The molecule has 0 unspecified atom stereocenters. The summed E-state index contributed by atoms with van der Waals surface area (Å²) in [6.45, 7) is 0.651. The summed E-state index contributed by atoms with van der Waals surface area (Å²) in [6, 6.07) is 30.7. The van der Waals surface area contributed by atoms with Gasteiger partial charge in [-0.2, -0.15) is 0 Å². The largest absolute Gasteiger partial charge is 0.454 e. The maximum absolute atomic E-state index is 13.2. The summed E-state index contributed by atoms with van der Waals surface area (Å²) < 4.78 is 16.5. The van der Waals surface area contributed by atoms with E-state index in [-0.39, 0.29) is 31.8 Å². The molecule has 2 aliphatic rings. The highest BCUT2D eigenvalue weighted by atomic mass is 16.7. The lowest BCUT2D eigenvalue weighted by molar-refractivity contribution is -0.123. The van der Waals surface area contributed by atoms with Gasteiger partial charge >= 0.3 is 6.09 Å². The lowest BCUT2D eigenvalue weighted by Gasteiger charge is -2.20. The molecule has 7 nitrogen and oxygen atoms in total. The molecule has 0 saturated carbocycles. The van der Waals surface area contributed by atoms with Crippen molar-refractivity contribution in [3.8, 4) is 22.6 Å². The van der Waals surface area contributed by atoms with Crippen LogP contribution in [0, 0.1) is 0 Å². The summed E-state index contributed by atoms with van der Waals surface area (Å²) in [6.07, 6.45) is -0.297. The molecular weight excluding hydrogens is 492 g/mol. The minimum atomic E-state index is -0.808. The molecule has 0 aromatic heterocycles. The number of carbonyl (C=O) groups is 2. The van der Waals surface area contributed by atoms with E-state index in [1.54, 1.807) is 0 Å². The predicted molar refractivity (Wildman–Crippen MR) is 147 cm³/mol. The first kappa shape index (κ1) is 24.6. The molecule has 1 atom stereocenters. The van der Waals surface area contributed by atoms with Crippen molar-refractivity contribution < 1.29 is 23.8 Å². The van der Waals surface area contributed by atoms with Crippen LogP contribution in [0.1, 0.15) is 28.2 Å². The number of ether oxygens (including phenoxy) is 3. The summed E-state index contributed by atoms with van der Waals surface area (Å²) in [5, 5.41) is 5.73. The Bertz CT molecular complexity index is 1460. The Hall–Kier alpha value is -4.78. The van der Waals surface area contributed by atoms with Crippen LogP contribution in [0.3, 0.4) is 0 Å². The summed E-state index contributed by atoms with van der Waals surface area (Å²) in [5.74, 6) is 0.976. The third-order valence-corrected chi connectivity index (χ3v) is 7.14. The van der Waals surface area contributed by atoms with E-state index in [0.29, 0.717) is 17.9 Å². The molecule has 196 valence electrons. The number of alkyl carbamates (subject to hydrolysis) is 1. The van der Waals surface area contributed by atoms with Gasteiger partial charge in [-0.25, -0.2) is 4.79 Å². The van der Waals surface area contributed by atoms with E-state index in [9.17, 15) is 9.59 Å². The fourth-order valence-corrected chi connectivity index (χ4v) is 5.20. The van der Waals surface area contributed by atoms with Crippen molar-refractivity contribution in [1.29, 1.82) is 0 Å². The number of hydrogen-bond acceptors (Lipinski definition) is 5. The molecule has 1 aliphatic carbocycles. The Morgan fingerprint density at radius 2 is 1.46 bits per heavy atom. The van der Waals surface area contributed by atoms with Crippen molar-refractivity contribution in [2.75, 3.05) is 13.4 Å². The van der Waals surface area contributed by atoms with Gasteiger partial charge in [0.1, 0.15) is 12.6 Å². The van der Waals surface area contributed by atoms with Gasteiger partial charge in [0.2, 0.25) is 12.7 Å². The Morgan fingerprint density at radius 3 is 2.21 bits per heavy atom. The molecule has 0 spiro atoms. The molecule has 0 bridgehead atoms. The molecule has 2 amide bonds. The first-order valence-electron chi connectivity index (χ1n) is 13.0. The van der Waals surface area contributed by atoms with Gasteiger partial charge in [0.05, 0.1) is 0 Å². The van der Waals surface area contributed by atoms with Gasteiger partial charge < -0.3 is 24.8 Å². The maximum atomic E-state index is 13.2. The van der Waals surface area contributed by atoms with E-state index in [0.717, 1.165) is 33.4 Å². The zero-order valence-corrected chi connectivity index (χ0v) is 21.3. The van der Waals surface area contributed by atoms with Gasteiger partial charge in [-0.05, 0) is 45.5 Å². The fourth-order valence-electron chi connectivity index (χ4n) is 5.20. The number of nitrogens with one attached hydrogen (secondary N) is 2. The minimum absolute atomic E-state index is 0.0597. The SMILES string of the molecule is O=C(N[C@@H](Cc1ccccc1)C(=O)NCc1ccc2c(c1)OCO2)OCC1c2ccccc2-c2ccccc21. The van der Waals surface area contributed by atoms with Crippen LogP contribution in [-0.2, 0) is 22.5 Å². The Morgan fingerprint density at radius 1 is 0.795 bits per heavy atom. The molecule has 2 N–H and O–H groups in total. The molecule has 4 aromatic rings. The molecule has 0 radical (unpaired) electrons. The minimum Gasteiger partial charge on any atom is -0.454 e. The average molecular weight is 521 g/mol. The first-order valence-corrected chi connectivity index (χ1v) is 13.0. The van der Waals surface area contributed by atoms with E-state index in [1.165, 1.54) is 0 Å². The van der Waals surface area contributed by atoms with Crippen LogP contribution >= 0.6 is 0 Å². The third kappa shape index (κ3) is 5.29. The van der Waals surface area contributed by atoms with Crippen molar-refractivity contribution in [3.63, 3.8) is 0 Å². The van der Waals surface area contributed by atoms with E-state index in [2.05, 4.69) is 34.9 Å². The summed E-state index contributed by atoms with van der Waals surface area (Å²) in [4.78, 5) is 26.2. The molecular formula is C32H28N2O5. The second kappa shape index (κ2) is 10.9. The standard InChI is InChI=1S/C32H28N2O5/c35-31(33-18-22-14-15-29-30(17-22)39-20-38-29)28(16-21-8-2-1-3-9-21)34-32(36)37-19-27-25-12-6-4-10-23(25)24-11-5-7-13-26(24)27/h1-15,17,27-28H,16,18-20H2,(H,33,35)(H,34,36)/t28-/m0/s1. The highest BCUT2D eigenvalue weighted by molar-refractivity contribution is 5.86. The van der Waals surface area contributed by atoms with E-state index in [1.807, 2.05) is 72.8 Å². The second-order valence-electron chi connectivity index (χ2n) is 9.62. The van der Waals surface area contributed by atoms with Crippen LogP contribution in [0.4, 0.5) is 4.79 Å². The quantitative estimate of drug-likeness (QED) is 0.334. The molecule has 4 aromatic carbocycles. The van der Waals surface area contributed by atoms with Crippen LogP contribution < -0.4 is 20.1 Å². The zero-order chi connectivity index (χ0) is 26.6. The number of benzene rings is 4. The zero-order valence-electron chi connectivity index (χ0n) is 21.3. The number of hydrogen-bond donors (Lipinski definition) is 2. The van der Waals surface area contributed by atoms with Gasteiger partial charge in [0.15, 0.2) is 11.5 Å². The van der Waals surface area contributed by atoms with Gasteiger partial charge in [-0.3, -0.25) is 4.79 Å². The second-order valence-corrected chi connectivity index (χ2v) is 9.62. The Kier molecular flexibility index (Phi) is 6.87. The number of carbonyl (C=O) groups excluding carboxylic acids is 2. The molecule has 7 heteroatoms. The maximum Gasteiger partial charge on any atom is 0.407 e. The summed E-state index contributed by atoms with van der Waals surface area (Å²) in [5.41, 5.74) is 6.38. The number of rotatable bonds is 8. The van der Waals surface area contributed by atoms with Crippen molar-refractivity contribution in [1.82, 2.24) is 10.6 Å². The van der Waals surface area contributed by atoms with Gasteiger partial charge in [0, 0.05) is 18.9 Å². The van der Waals surface area contributed by atoms with Crippen LogP contribution in [0.2, 0.25) is 0 Å². The fraction of sp³-hybridized carbons (Fsp3) is 0.188. The van der Waals surface area contributed by atoms with Gasteiger partial charge in [0.25, 0.3) is 0 Å². The smallest absolute Gasteiger partial charge is 0.407 e. The van der Waals surface area contributed by atoms with Crippen LogP contribution in [-0.4, -0.2) is 31.4 Å². The number of fused-ring (bicyclic) bond motifs is 4. The predicted octanol–water partition coefficient (Wildman–Crippen LogP) is 5.18. The van der Waals surface area contributed by atoms with Crippen molar-refractivity contribution >= 4 is 12.0 Å². The lowest BCUT2D eigenvalue weighted by Crippen LogP contribution is -2.48. The average Bonchev–Trinajstić information content (AvgIpc) is 3.57. The molecule has 1 aliphatic heterocycles. The monoisotopic (exact) mass is 520 g/mol. The Labute approximate surface area is 226 Å². The topological polar surface area (TPSA) is 85.9 Å². The van der Waals surface area contributed by atoms with Crippen LogP contribution in [0.15, 0.2) is 97.1 Å². The van der Waals surface area contributed by atoms with Crippen LogP contribution in [0.5, 0.6) is 11.5 Å². The highest BCUT2D eigenvalue weighted by Gasteiger charge is 2.30. The highest BCUT2D eigenvalue weighted by Crippen LogP contribution is 2.44.